The van der Waals surface area contributed by atoms with Gasteiger partial charge in [0.05, 0.1) is 12.7 Å². The molecular formula is C49H85O9P. The van der Waals surface area contributed by atoms with Crippen molar-refractivity contribution in [3.8, 4) is 0 Å². The van der Waals surface area contributed by atoms with E-state index in [1.165, 1.54) is 96.3 Å². The van der Waals surface area contributed by atoms with Crippen LogP contribution >= 0.6 is 7.82 Å². The van der Waals surface area contributed by atoms with E-state index in [2.05, 4.69) is 73.9 Å². The summed E-state index contributed by atoms with van der Waals surface area (Å²) in [6.45, 7) is 5.73. The normalized spacial score (nSPS) is 13.7. The zero-order valence-electron chi connectivity index (χ0n) is 37.4. The van der Waals surface area contributed by atoms with Crippen LogP contribution in [0, 0.1) is 5.92 Å². The van der Waals surface area contributed by atoms with Crippen molar-refractivity contribution in [3.63, 3.8) is 0 Å². The van der Waals surface area contributed by atoms with Crippen molar-refractivity contribution in [2.24, 2.45) is 5.92 Å². The number of carbonyl (C=O) groups is 2. The number of hydrogen-bond donors (Lipinski definition) is 3. The van der Waals surface area contributed by atoms with Gasteiger partial charge in [0, 0.05) is 12.8 Å². The lowest BCUT2D eigenvalue weighted by molar-refractivity contribution is -0.161. The fraction of sp³-hybridized carbons (Fsp3) is 0.714. The molecule has 0 aromatic carbocycles. The molecule has 0 aliphatic heterocycles. The standard InChI is InChI=1S/C49H85O9P/c1-4-5-6-7-8-9-10-11-12-18-21-24-27-30-33-36-39-46(50)41-42-48(51)56-43-47(44-57-59(53,54)55)58-49(52)40-37-34-31-28-25-22-19-16-14-13-15-17-20-23-26-29-32-35-38-45(2)3/h5-6,8-9,11-12,21,24,30,33,36,39,45-47,50H,4,7,10,13-20,22-23,25-29,31-32,34-35,37-38,40-44H2,1-3H3,(H2,53,54,55)/b6-5-,9-8-,12-11-,24-21-,33-30-,39-36-/t46?,47-/m1/s1. The average Bonchev–Trinajstić information content (AvgIpc) is 3.19. The molecule has 0 saturated heterocycles. The summed E-state index contributed by atoms with van der Waals surface area (Å²) in [4.78, 5) is 43.0. The highest BCUT2D eigenvalue weighted by molar-refractivity contribution is 7.46. The molecule has 0 aromatic heterocycles. The van der Waals surface area contributed by atoms with Crippen molar-refractivity contribution in [2.75, 3.05) is 13.2 Å². The molecule has 0 radical (unpaired) electrons. The van der Waals surface area contributed by atoms with Crippen LogP contribution in [0.4, 0.5) is 0 Å². The number of unbranched alkanes of at least 4 members (excludes halogenated alkanes) is 17. The lowest BCUT2D eigenvalue weighted by Crippen LogP contribution is -2.29. The first-order chi connectivity index (χ1) is 28.5. The number of rotatable bonds is 41. The molecule has 0 saturated carbocycles. The molecule has 3 N–H and O–H groups in total. The fourth-order valence-corrected chi connectivity index (χ4v) is 6.68. The van der Waals surface area contributed by atoms with Crippen molar-refractivity contribution in [1.29, 1.82) is 0 Å². The van der Waals surface area contributed by atoms with Gasteiger partial charge in [-0.15, -0.1) is 0 Å². The SMILES string of the molecule is CC/C=C\C/C=C\C/C=C\C/C=C\C/C=C\C=C/C(O)CCC(=O)OC[C@H](COP(=O)(O)O)OC(=O)CCCCCCCCCCCCCCCCCCCCC(C)C. The molecule has 0 amide bonds. The van der Waals surface area contributed by atoms with Gasteiger partial charge in [-0.2, -0.15) is 0 Å². The van der Waals surface area contributed by atoms with Crippen molar-refractivity contribution in [3.05, 3.63) is 72.9 Å². The Balaban J connectivity index is 4.06. The summed E-state index contributed by atoms with van der Waals surface area (Å²) < 4.78 is 26.3. The monoisotopic (exact) mass is 849 g/mol. The summed E-state index contributed by atoms with van der Waals surface area (Å²) in [6.07, 6.45) is 51.0. The molecule has 0 bridgehead atoms. The van der Waals surface area contributed by atoms with Crippen LogP contribution in [0.15, 0.2) is 72.9 Å². The first-order valence-corrected chi connectivity index (χ1v) is 24.7. The molecule has 0 fully saturated rings. The first kappa shape index (κ1) is 56.5. The molecular weight excluding hydrogens is 764 g/mol. The van der Waals surface area contributed by atoms with Crippen LogP contribution in [0.2, 0.25) is 0 Å². The summed E-state index contributed by atoms with van der Waals surface area (Å²) in [5, 5.41) is 10.2. The third kappa shape index (κ3) is 46.4. The second kappa shape index (κ2) is 42.2. The molecule has 0 heterocycles. The van der Waals surface area contributed by atoms with Crippen LogP contribution < -0.4 is 0 Å². The molecule has 59 heavy (non-hydrogen) atoms. The van der Waals surface area contributed by atoms with E-state index in [9.17, 15) is 19.3 Å². The van der Waals surface area contributed by atoms with Crippen LogP contribution in [0.1, 0.15) is 194 Å². The number of allylic oxidation sites excluding steroid dienone is 11. The van der Waals surface area contributed by atoms with E-state index < -0.39 is 45.2 Å². The maximum Gasteiger partial charge on any atom is 0.469 e. The second-order valence-electron chi connectivity index (χ2n) is 16.0. The van der Waals surface area contributed by atoms with E-state index in [-0.39, 0.29) is 19.3 Å². The number of phosphoric acid groups is 1. The number of aliphatic hydroxyl groups excluding tert-OH is 1. The van der Waals surface area contributed by atoms with E-state index in [1.54, 1.807) is 12.2 Å². The van der Waals surface area contributed by atoms with Crippen LogP contribution in [0.3, 0.4) is 0 Å². The summed E-state index contributed by atoms with van der Waals surface area (Å²) in [5.41, 5.74) is 0. The fourth-order valence-electron chi connectivity index (χ4n) is 6.32. The first-order valence-electron chi connectivity index (χ1n) is 23.2. The Kier molecular flexibility index (Phi) is 40.3. The summed E-state index contributed by atoms with van der Waals surface area (Å²) in [5.74, 6) is -0.325. The Morgan fingerprint density at radius 2 is 0.983 bits per heavy atom. The molecule has 0 aliphatic rings. The minimum atomic E-state index is -4.82. The Hall–Kier alpha value is -2.55. The van der Waals surface area contributed by atoms with Crippen molar-refractivity contribution in [2.45, 2.75) is 206 Å². The maximum absolute atomic E-state index is 12.5. The van der Waals surface area contributed by atoms with Gasteiger partial charge in [-0.25, -0.2) is 4.57 Å². The lowest BCUT2D eigenvalue weighted by Gasteiger charge is -2.18. The zero-order valence-corrected chi connectivity index (χ0v) is 38.3. The molecule has 0 rings (SSSR count). The van der Waals surface area contributed by atoms with Crippen molar-refractivity contribution in [1.82, 2.24) is 0 Å². The number of esters is 2. The Morgan fingerprint density at radius 3 is 1.44 bits per heavy atom. The topological polar surface area (TPSA) is 140 Å². The van der Waals surface area contributed by atoms with Gasteiger partial charge < -0.3 is 24.4 Å². The molecule has 0 spiro atoms. The largest absolute Gasteiger partial charge is 0.469 e. The van der Waals surface area contributed by atoms with E-state index in [4.69, 9.17) is 19.3 Å². The van der Waals surface area contributed by atoms with Gasteiger partial charge in [0.2, 0.25) is 0 Å². The van der Waals surface area contributed by atoms with Gasteiger partial charge in [0.15, 0.2) is 6.10 Å². The molecule has 0 aromatic rings. The van der Waals surface area contributed by atoms with Gasteiger partial charge in [0.1, 0.15) is 6.61 Å². The molecule has 9 nitrogen and oxygen atoms in total. The quantitative estimate of drug-likeness (QED) is 0.0180. The average molecular weight is 849 g/mol. The molecule has 2 atom stereocenters. The number of carbonyl (C=O) groups excluding carboxylic acids is 2. The van der Waals surface area contributed by atoms with Crippen molar-refractivity contribution >= 4 is 19.8 Å². The van der Waals surface area contributed by atoms with Crippen LogP contribution in [0.25, 0.3) is 0 Å². The number of ether oxygens (including phenoxy) is 2. The van der Waals surface area contributed by atoms with Gasteiger partial charge in [-0.05, 0) is 50.9 Å². The number of aliphatic hydroxyl groups is 1. The number of phosphoric ester groups is 1. The Labute approximate surface area is 360 Å². The van der Waals surface area contributed by atoms with Crippen molar-refractivity contribution < 1.29 is 43.0 Å². The minimum absolute atomic E-state index is 0.0871. The summed E-state index contributed by atoms with van der Waals surface area (Å²) in [7, 11) is -4.82. The third-order valence-electron chi connectivity index (χ3n) is 9.79. The summed E-state index contributed by atoms with van der Waals surface area (Å²) >= 11 is 0. The van der Waals surface area contributed by atoms with E-state index >= 15 is 0 Å². The highest BCUT2D eigenvalue weighted by atomic mass is 31.2. The Bertz CT molecular complexity index is 1210. The third-order valence-corrected chi connectivity index (χ3v) is 10.3. The highest BCUT2D eigenvalue weighted by Crippen LogP contribution is 2.36. The van der Waals surface area contributed by atoms with E-state index in [1.807, 2.05) is 12.2 Å². The highest BCUT2D eigenvalue weighted by Gasteiger charge is 2.23. The molecule has 0 aliphatic carbocycles. The van der Waals surface area contributed by atoms with Gasteiger partial charge in [0.25, 0.3) is 0 Å². The second-order valence-corrected chi connectivity index (χ2v) is 17.3. The predicted octanol–water partition coefficient (Wildman–Crippen LogP) is 13.5. The maximum atomic E-state index is 12.5. The number of hydrogen-bond acceptors (Lipinski definition) is 7. The molecule has 340 valence electrons. The van der Waals surface area contributed by atoms with E-state index in [0.717, 1.165) is 57.3 Å². The van der Waals surface area contributed by atoms with Gasteiger partial charge in [-0.1, -0.05) is 209 Å². The van der Waals surface area contributed by atoms with E-state index in [0.29, 0.717) is 6.42 Å². The Morgan fingerprint density at radius 1 is 0.542 bits per heavy atom. The van der Waals surface area contributed by atoms with Gasteiger partial charge in [-0.3, -0.25) is 14.1 Å². The van der Waals surface area contributed by atoms with Gasteiger partial charge >= 0.3 is 19.8 Å². The van der Waals surface area contributed by atoms with Crippen LogP contribution in [-0.2, 0) is 28.2 Å². The lowest BCUT2D eigenvalue weighted by atomic mass is 10.0. The summed E-state index contributed by atoms with van der Waals surface area (Å²) in [6, 6.07) is 0. The van der Waals surface area contributed by atoms with Crippen LogP contribution in [0.5, 0.6) is 0 Å². The zero-order chi connectivity index (χ0) is 43.5. The van der Waals surface area contributed by atoms with Crippen LogP contribution in [-0.4, -0.2) is 52.3 Å². The molecule has 10 heteroatoms. The minimum Gasteiger partial charge on any atom is -0.462 e. The molecule has 1 unspecified atom stereocenters. The predicted molar refractivity (Wildman–Crippen MR) is 245 cm³/mol. The smallest absolute Gasteiger partial charge is 0.462 e.